The smallest absolute Gasteiger partial charge is 0.159 e. The number of halogens is 2. The molecule has 0 radical (unpaired) electrons. The Morgan fingerprint density at radius 3 is 2.41 bits per heavy atom. The minimum absolute atomic E-state index is 0.354. The third-order valence-corrected chi connectivity index (χ3v) is 2.58. The maximum Gasteiger partial charge on any atom is 0.159 e. The molecular weight excluding hydrogens is 222 g/mol. The van der Waals surface area contributed by atoms with Crippen LogP contribution in [0.3, 0.4) is 0 Å². The van der Waals surface area contributed by atoms with E-state index >= 15 is 0 Å². The fourth-order valence-electron chi connectivity index (χ4n) is 1.63. The quantitative estimate of drug-likeness (QED) is 0.886. The molecule has 0 saturated carbocycles. The van der Waals surface area contributed by atoms with Crippen LogP contribution in [-0.2, 0) is 6.42 Å². The number of aromatic nitrogens is 1. The van der Waals surface area contributed by atoms with Crippen LogP contribution in [0.25, 0.3) is 0 Å². The van der Waals surface area contributed by atoms with Gasteiger partial charge in [-0.05, 0) is 41.8 Å². The molecule has 0 aliphatic carbocycles. The van der Waals surface area contributed by atoms with Gasteiger partial charge < -0.3 is 5.73 Å². The van der Waals surface area contributed by atoms with E-state index in [1.807, 2.05) is 12.1 Å². The summed E-state index contributed by atoms with van der Waals surface area (Å²) >= 11 is 0. The lowest BCUT2D eigenvalue weighted by Gasteiger charge is -2.12. The van der Waals surface area contributed by atoms with Gasteiger partial charge in [-0.2, -0.15) is 0 Å². The third-order valence-electron chi connectivity index (χ3n) is 2.58. The Balaban J connectivity index is 2.14. The van der Waals surface area contributed by atoms with Crippen molar-refractivity contribution < 1.29 is 8.78 Å². The number of hydrogen-bond donors (Lipinski definition) is 1. The van der Waals surface area contributed by atoms with Crippen LogP contribution in [0.5, 0.6) is 0 Å². The first-order chi connectivity index (χ1) is 8.16. The van der Waals surface area contributed by atoms with Crippen molar-refractivity contribution in [3.8, 4) is 0 Å². The van der Waals surface area contributed by atoms with Crippen LogP contribution in [0, 0.1) is 11.6 Å². The lowest BCUT2D eigenvalue weighted by Crippen LogP contribution is -2.13. The highest BCUT2D eigenvalue weighted by molar-refractivity contribution is 5.23. The Labute approximate surface area is 98.1 Å². The van der Waals surface area contributed by atoms with Crippen LogP contribution in [0.2, 0.25) is 0 Å². The van der Waals surface area contributed by atoms with E-state index in [9.17, 15) is 8.78 Å². The fourth-order valence-corrected chi connectivity index (χ4v) is 1.63. The summed E-state index contributed by atoms with van der Waals surface area (Å²) in [5, 5.41) is 0. The molecule has 88 valence electrons. The number of rotatable bonds is 3. The van der Waals surface area contributed by atoms with Gasteiger partial charge in [0.2, 0.25) is 0 Å². The monoisotopic (exact) mass is 234 g/mol. The van der Waals surface area contributed by atoms with E-state index in [4.69, 9.17) is 5.73 Å². The van der Waals surface area contributed by atoms with Gasteiger partial charge >= 0.3 is 0 Å². The van der Waals surface area contributed by atoms with Gasteiger partial charge in [-0.15, -0.1) is 0 Å². The predicted octanol–water partition coefficient (Wildman–Crippen LogP) is 2.60. The molecule has 0 saturated heterocycles. The maximum absolute atomic E-state index is 13.0. The molecule has 0 amide bonds. The second kappa shape index (κ2) is 5.01. The van der Waals surface area contributed by atoms with E-state index in [0.29, 0.717) is 12.0 Å². The zero-order chi connectivity index (χ0) is 12.3. The number of nitrogens with zero attached hydrogens (tertiary/aromatic N) is 1. The van der Waals surface area contributed by atoms with Crippen LogP contribution in [0.15, 0.2) is 42.7 Å². The number of nitrogens with two attached hydrogens (primary N) is 1. The Hall–Kier alpha value is -1.81. The number of hydrogen-bond acceptors (Lipinski definition) is 2. The standard InChI is InChI=1S/C13H12F2N2/c14-11-2-1-10(8-12(11)15)13(16)7-9-3-5-17-6-4-9/h1-6,8,13H,7,16H2. The summed E-state index contributed by atoms with van der Waals surface area (Å²) in [4.78, 5) is 3.90. The molecule has 2 nitrogen and oxygen atoms in total. The molecular formula is C13H12F2N2. The van der Waals surface area contributed by atoms with Crippen molar-refractivity contribution in [3.05, 3.63) is 65.5 Å². The van der Waals surface area contributed by atoms with Crippen LogP contribution in [0.4, 0.5) is 8.78 Å². The second-order valence-corrected chi connectivity index (χ2v) is 3.84. The van der Waals surface area contributed by atoms with Gasteiger partial charge in [0.1, 0.15) is 0 Å². The molecule has 0 fully saturated rings. The van der Waals surface area contributed by atoms with Crippen LogP contribution < -0.4 is 5.73 Å². The first-order valence-corrected chi connectivity index (χ1v) is 5.26. The summed E-state index contributed by atoms with van der Waals surface area (Å²) < 4.78 is 25.8. The Kier molecular flexibility index (Phi) is 3.44. The average Bonchev–Trinajstić information content (AvgIpc) is 2.34. The minimum atomic E-state index is -0.868. The van der Waals surface area contributed by atoms with Crippen LogP contribution >= 0.6 is 0 Å². The predicted molar refractivity (Wildman–Crippen MR) is 61.2 cm³/mol. The molecule has 4 heteroatoms. The summed E-state index contributed by atoms with van der Waals surface area (Å²) in [5.41, 5.74) is 7.53. The van der Waals surface area contributed by atoms with Crippen LogP contribution in [0.1, 0.15) is 17.2 Å². The Morgan fingerprint density at radius 2 is 1.76 bits per heavy atom. The Bertz CT molecular complexity index is 500. The summed E-state index contributed by atoms with van der Waals surface area (Å²) in [7, 11) is 0. The molecule has 1 aromatic heterocycles. The number of pyridine rings is 1. The fraction of sp³-hybridized carbons (Fsp3) is 0.154. The van der Waals surface area contributed by atoms with Gasteiger partial charge in [0.15, 0.2) is 11.6 Å². The van der Waals surface area contributed by atoms with Crippen molar-refractivity contribution in [2.75, 3.05) is 0 Å². The largest absolute Gasteiger partial charge is 0.324 e. The summed E-state index contributed by atoms with van der Waals surface area (Å²) in [6, 6.07) is 7.08. The van der Waals surface area contributed by atoms with Crippen molar-refractivity contribution in [1.82, 2.24) is 4.98 Å². The van der Waals surface area contributed by atoms with Crippen molar-refractivity contribution in [3.63, 3.8) is 0 Å². The molecule has 2 rings (SSSR count). The van der Waals surface area contributed by atoms with Gasteiger partial charge in [0.05, 0.1) is 0 Å². The first-order valence-electron chi connectivity index (χ1n) is 5.26. The first kappa shape index (κ1) is 11.7. The molecule has 0 aliphatic heterocycles. The zero-order valence-electron chi connectivity index (χ0n) is 9.11. The summed E-state index contributed by atoms with van der Waals surface area (Å²) in [6.07, 6.45) is 3.91. The molecule has 1 atom stereocenters. The molecule has 0 bridgehead atoms. The average molecular weight is 234 g/mol. The SMILES string of the molecule is NC(Cc1ccncc1)c1ccc(F)c(F)c1. The van der Waals surface area contributed by atoms with E-state index in [-0.39, 0.29) is 6.04 Å². The van der Waals surface area contributed by atoms with Crippen molar-refractivity contribution in [2.45, 2.75) is 12.5 Å². The highest BCUT2D eigenvalue weighted by Gasteiger charge is 2.10. The second-order valence-electron chi connectivity index (χ2n) is 3.84. The van der Waals surface area contributed by atoms with Gasteiger partial charge in [-0.1, -0.05) is 6.07 Å². The molecule has 1 heterocycles. The molecule has 1 unspecified atom stereocenters. The maximum atomic E-state index is 13.0. The number of benzene rings is 1. The van der Waals surface area contributed by atoms with Crippen molar-refractivity contribution >= 4 is 0 Å². The summed E-state index contributed by atoms with van der Waals surface area (Å²) in [5.74, 6) is -1.72. The Morgan fingerprint density at radius 1 is 1.06 bits per heavy atom. The highest BCUT2D eigenvalue weighted by atomic mass is 19.2. The normalized spacial score (nSPS) is 12.4. The zero-order valence-corrected chi connectivity index (χ0v) is 9.11. The molecule has 2 N–H and O–H groups in total. The van der Waals surface area contributed by atoms with Crippen molar-refractivity contribution in [2.24, 2.45) is 5.73 Å². The summed E-state index contributed by atoms with van der Waals surface area (Å²) in [6.45, 7) is 0. The molecule has 2 aromatic rings. The van der Waals surface area contributed by atoms with Gasteiger partial charge in [0.25, 0.3) is 0 Å². The van der Waals surface area contributed by atoms with Crippen molar-refractivity contribution in [1.29, 1.82) is 0 Å². The molecule has 0 spiro atoms. The van der Waals surface area contributed by atoms with Gasteiger partial charge in [-0.25, -0.2) is 8.78 Å². The lowest BCUT2D eigenvalue weighted by molar-refractivity contribution is 0.505. The minimum Gasteiger partial charge on any atom is -0.324 e. The highest BCUT2D eigenvalue weighted by Crippen LogP contribution is 2.18. The third kappa shape index (κ3) is 2.85. The van der Waals surface area contributed by atoms with E-state index < -0.39 is 11.6 Å². The molecule has 17 heavy (non-hydrogen) atoms. The lowest BCUT2D eigenvalue weighted by atomic mass is 10.0. The van der Waals surface area contributed by atoms with Gasteiger partial charge in [-0.3, -0.25) is 4.98 Å². The van der Waals surface area contributed by atoms with E-state index in [0.717, 1.165) is 17.7 Å². The van der Waals surface area contributed by atoms with E-state index in [2.05, 4.69) is 4.98 Å². The van der Waals surface area contributed by atoms with Crippen LogP contribution in [-0.4, -0.2) is 4.98 Å². The topological polar surface area (TPSA) is 38.9 Å². The van der Waals surface area contributed by atoms with E-state index in [1.165, 1.54) is 6.07 Å². The molecule has 1 aromatic carbocycles. The van der Waals surface area contributed by atoms with E-state index in [1.54, 1.807) is 12.4 Å². The molecule has 0 aliphatic rings. The van der Waals surface area contributed by atoms with Gasteiger partial charge in [0, 0.05) is 18.4 Å².